The van der Waals surface area contributed by atoms with Crippen LogP contribution in [0.1, 0.15) is 35.3 Å². The molecule has 4 heteroatoms. The van der Waals surface area contributed by atoms with E-state index in [-0.39, 0.29) is 5.91 Å². The van der Waals surface area contributed by atoms with Gasteiger partial charge in [0.1, 0.15) is 5.69 Å². The molecule has 0 N–H and O–H groups in total. The van der Waals surface area contributed by atoms with E-state index in [1.54, 1.807) is 6.20 Å². The minimum atomic E-state index is 0.0772. The zero-order valence-electron chi connectivity index (χ0n) is 14.6. The second-order valence-electron chi connectivity index (χ2n) is 7.20. The van der Waals surface area contributed by atoms with Crippen molar-refractivity contribution >= 4 is 5.91 Å². The van der Waals surface area contributed by atoms with E-state index in [1.807, 2.05) is 23.1 Å². The maximum Gasteiger partial charge on any atom is 0.272 e. The molecule has 0 aliphatic carbocycles. The van der Waals surface area contributed by atoms with Crippen molar-refractivity contribution in [2.45, 2.75) is 31.8 Å². The van der Waals surface area contributed by atoms with Gasteiger partial charge >= 0.3 is 0 Å². The number of fused-ring (bicyclic) bond motifs is 1. The maximum atomic E-state index is 12.8. The van der Waals surface area contributed by atoms with Crippen LogP contribution in [0.2, 0.25) is 0 Å². The second kappa shape index (κ2) is 7.36. The molecule has 0 saturated carbocycles. The van der Waals surface area contributed by atoms with Crippen LogP contribution in [0.25, 0.3) is 0 Å². The summed E-state index contributed by atoms with van der Waals surface area (Å²) in [5.74, 6) is 0.659. The summed E-state index contributed by atoms with van der Waals surface area (Å²) in [4.78, 5) is 21.6. The summed E-state index contributed by atoms with van der Waals surface area (Å²) in [6, 6.07) is 16.7. The van der Waals surface area contributed by atoms with Crippen LogP contribution in [-0.4, -0.2) is 46.4 Å². The van der Waals surface area contributed by atoms with Gasteiger partial charge in [0.05, 0.1) is 0 Å². The van der Waals surface area contributed by atoms with E-state index in [1.165, 1.54) is 24.8 Å². The lowest BCUT2D eigenvalue weighted by Crippen LogP contribution is -2.40. The Morgan fingerprint density at radius 2 is 1.88 bits per heavy atom. The highest BCUT2D eigenvalue weighted by atomic mass is 16.2. The lowest BCUT2D eigenvalue weighted by molar-refractivity contribution is 0.0767. The predicted molar refractivity (Wildman–Crippen MR) is 98.1 cm³/mol. The molecular formula is C21H25N3O. The Kier molecular flexibility index (Phi) is 4.79. The number of carbonyl (C=O) groups is 1. The van der Waals surface area contributed by atoms with Crippen LogP contribution in [0.3, 0.4) is 0 Å². The summed E-state index contributed by atoms with van der Waals surface area (Å²) in [5.41, 5.74) is 1.92. The number of nitrogens with zero attached hydrogens (tertiary/aromatic N) is 3. The van der Waals surface area contributed by atoms with E-state index >= 15 is 0 Å². The highest BCUT2D eigenvalue weighted by molar-refractivity contribution is 5.92. The molecule has 1 aromatic heterocycles. The lowest BCUT2D eigenvalue weighted by atomic mass is 9.98. The molecule has 1 amide bonds. The Morgan fingerprint density at radius 1 is 1.04 bits per heavy atom. The Bertz CT molecular complexity index is 704. The number of benzene rings is 1. The van der Waals surface area contributed by atoms with Crippen molar-refractivity contribution in [1.29, 1.82) is 0 Å². The number of rotatable bonds is 3. The number of likely N-dealkylation sites (tertiary alicyclic amines) is 2. The summed E-state index contributed by atoms with van der Waals surface area (Å²) in [6.07, 6.45) is 5.44. The van der Waals surface area contributed by atoms with Crippen molar-refractivity contribution in [3.8, 4) is 0 Å². The van der Waals surface area contributed by atoms with Gasteiger partial charge in [-0.1, -0.05) is 42.8 Å². The first kappa shape index (κ1) is 16.3. The summed E-state index contributed by atoms with van der Waals surface area (Å²) in [5, 5.41) is 0. The Balaban J connectivity index is 1.50. The van der Waals surface area contributed by atoms with Gasteiger partial charge in [-0.3, -0.25) is 14.7 Å². The summed E-state index contributed by atoms with van der Waals surface area (Å²) >= 11 is 0. The third-order valence-electron chi connectivity index (χ3n) is 5.55. The normalized spacial score (nSPS) is 23.9. The Hall–Kier alpha value is -2.20. The fraction of sp³-hybridized carbons (Fsp3) is 0.429. The minimum Gasteiger partial charge on any atom is -0.335 e. The molecule has 4 rings (SSSR count). The largest absolute Gasteiger partial charge is 0.335 e. The van der Waals surface area contributed by atoms with E-state index in [9.17, 15) is 4.79 Å². The third kappa shape index (κ3) is 3.59. The molecule has 0 spiro atoms. The molecule has 25 heavy (non-hydrogen) atoms. The number of hydrogen-bond donors (Lipinski definition) is 0. The number of carbonyl (C=O) groups excluding carboxylic acids is 1. The van der Waals surface area contributed by atoms with Gasteiger partial charge in [0.2, 0.25) is 0 Å². The quantitative estimate of drug-likeness (QED) is 0.864. The fourth-order valence-electron chi connectivity index (χ4n) is 4.27. The number of pyridine rings is 1. The molecule has 0 unspecified atom stereocenters. The molecule has 2 aliphatic heterocycles. The number of hydrogen-bond acceptors (Lipinski definition) is 3. The Labute approximate surface area is 149 Å². The van der Waals surface area contributed by atoms with E-state index in [2.05, 4.69) is 40.2 Å². The van der Waals surface area contributed by atoms with Crippen molar-refractivity contribution < 1.29 is 4.79 Å². The van der Waals surface area contributed by atoms with Crippen LogP contribution in [0.4, 0.5) is 0 Å². The van der Waals surface area contributed by atoms with Gasteiger partial charge in [0.25, 0.3) is 5.91 Å². The number of aromatic nitrogens is 1. The lowest BCUT2D eigenvalue weighted by Gasteiger charge is -2.30. The van der Waals surface area contributed by atoms with Crippen molar-refractivity contribution in [3.05, 3.63) is 66.0 Å². The van der Waals surface area contributed by atoms with Crippen LogP contribution < -0.4 is 0 Å². The Morgan fingerprint density at radius 3 is 2.68 bits per heavy atom. The zero-order chi connectivity index (χ0) is 17.1. The molecule has 2 saturated heterocycles. The van der Waals surface area contributed by atoms with Gasteiger partial charge in [-0.25, -0.2) is 0 Å². The molecule has 130 valence electrons. The highest BCUT2D eigenvalue weighted by Gasteiger charge is 2.39. The van der Waals surface area contributed by atoms with E-state index in [4.69, 9.17) is 0 Å². The highest BCUT2D eigenvalue weighted by Crippen LogP contribution is 2.31. The molecule has 3 heterocycles. The summed E-state index contributed by atoms with van der Waals surface area (Å²) in [6.45, 7) is 3.80. The SMILES string of the molecule is O=C(c1ccccn1)N1C[C@@H]2CCCCN(Cc3ccccc3)[C@@H]2C1. The third-order valence-corrected chi connectivity index (χ3v) is 5.55. The van der Waals surface area contributed by atoms with Gasteiger partial charge in [-0.05, 0) is 43.0 Å². The molecule has 2 fully saturated rings. The average molecular weight is 335 g/mol. The summed E-state index contributed by atoms with van der Waals surface area (Å²) < 4.78 is 0. The zero-order valence-corrected chi connectivity index (χ0v) is 14.6. The average Bonchev–Trinajstić information content (AvgIpc) is 3.01. The van der Waals surface area contributed by atoms with Crippen LogP contribution in [0.15, 0.2) is 54.7 Å². The van der Waals surface area contributed by atoms with Crippen LogP contribution >= 0.6 is 0 Å². The first-order valence-electron chi connectivity index (χ1n) is 9.29. The van der Waals surface area contributed by atoms with E-state index in [0.29, 0.717) is 17.7 Å². The molecule has 0 bridgehead atoms. The van der Waals surface area contributed by atoms with Gasteiger partial charge in [0, 0.05) is 31.9 Å². The molecule has 2 aliphatic rings. The maximum absolute atomic E-state index is 12.8. The van der Waals surface area contributed by atoms with Gasteiger partial charge in [0.15, 0.2) is 0 Å². The second-order valence-corrected chi connectivity index (χ2v) is 7.20. The van der Waals surface area contributed by atoms with Crippen molar-refractivity contribution in [2.24, 2.45) is 5.92 Å². The number of amides is 1. The van der Waals surface area contributed by atoms with Crippen molar-refractivity contribution in [2.75, 3.05) is 19.6 Å². The van der Waals surface area contributed by atoms with Crippen LogP contribution in [0.5, 0.6) is 0 Å². The van der Waals surface area contributed by atoms with Crippen molar-refractivity contribution in [1.82, 2.24) is 14.8 Å². The molecule has 4 nitrogen and oxygen atoms in total. The first-order chi connectivity index (χ1) is 12.3. The van der Waals surface area contributed by atoms with Crippen LogP contribution in [0, 0.1) is 5.92 Å². The van der Waals surface area contributed by atoms with E-state index < -0.39 is 0 Å². The van der Waals surface area contributed by atoms with Crippen LogP contribution in [-0.2, 0) is 6.54 Å². The topological polar surface area (TPSA) is 36.4 Å². The molecular weight excluding hydrogens is 310 g/mol. The molecule has 2 aromatic rings. The smallest absolute Gasteiger partial charge is 0.272 e. The summed E-state index contributed by atoms with van der Waals surface area (Å²) in [7, 11) is 0. The first-order valence-corrected chi connectivity index (χ1v) is 9.29. The predicted octanol–water partition coefficient (Wildman–Crippen LogP) is 3.21. The monoisotopic (exact) mass is 335 g/mol. The fourth-order valence-corrected chi connectivity index (χ4v) is 4.27. The molecule has 1 aromatic carbocycles. The molecule has 2 atom stereocenters. The van der Waals surface area contributed by atoms with Gasteiger partial charge in [-0.2, -0.15) is 0 Å². The molecule has 0 radical (unpaired) electrons. The standard InChI is InChI=1S/C21H25N3O/c25-21(19-11-4-6-12-22-19)24-15-18-10-5-7-13-23(20(18)16-24)14-17-8-2-1-3-9-17/h1-4,6,8-9,11-12,18,20H,5,7,10,13-16H2/t18-,20+/m0/s1. The minimum absolute atomic E-state index is 0.0772. The van der Waals surface area contributed by atoms with Gasteiger partial charge in [-0.15, -0.1) is 0 Å². The van der Waals surface area contributed by atoms with Gasteiger partial charge < -0.3 is 4.90 Å². The van der Waals surface area contributed by atoms with E-state index in [0.717, 1.165) is 26.2 Å². The van der Waals surface area contributed by atoms with Crippen molar-refractivity contribution in [3.63, 3.8) is 0 Å².